The molecule has 0 spiro atoms. The molecule has 0 aliphatic rings. The lowest BCUT2D eigenvalue weighted by molar-refractivity contribution is -0.384. The predicted molar refractivity (Wildman–Crippen MR) is 74.3 cm³/mol. The highest BCUT2D eigenvalue weighted by Crippen LogP contribution is 2.20. The van der Waals surface area contributed by atoms with Gasteiger partial charge in [-0.1, -0.05) is 6.07 Å². The Hall–Kier alpha value is -1.88. The van der Waals surface area contributed by atoms with Crippen LogP contribution in [0, 0.1) is 17.0 Å². The molecular weight excluding hydrogens is 248 g/mol. The van der Waals surface area contributed by atoms with Crippen LogP contribution in [0.2, 0.25) is 0 Å². The molecule has 0 radical (unpaired) electrons. The third kappa shape index (κ3) is 3.30. The Labute approximate surface area is 109 Å². The third-order valence-corrected chi connectivity index (χ3v) is 3.49. The zero-order chi connectivity index (χ0) is 13.0. The number of hydrogen-bond acceptors (Lipinski definition) is 4. The Balaban J connectivity index is 1.98. The highest BCUT2D eigenvalue weighted by atomic mass is 32.1. The fourth-order valence-electron chi connectivity index (χ4n) is 1.76. The van der Waals surface area contributed by atoms with Crippen molar-refractivity contribution >= 4 is 22.7 Å². The molecule has 0 atom stereocenters. The standard InChI is InChI=1S/C13H14N2O2S/c1-10-7-11(9-12(8-10)15(16)17)14-5-4-13-3-2-6-18-13/h2-3,6-9,14H,4-5H2,1H3. The van der Waals surface area contributed by atoms with Crippen molar-refractivity contribution in [2.24, 2.45) is 0 Å². The highest BCUT2D eigenvalue weighted by Gasteiger charge is 2.07. The summed E-state index contributed by atoms with van der Waals surface area (Å²) in [5.74, 6) is 0. The van der Waals surface area contributed by atoms with Crippen molar-refractivity contribution < 1.29 is 4.92 Å². The topological polar surface area (TPSA) is 55.2 Å². The predicted octanol–water partition coefficient (Wildman–Crippen LogP) is 3.62. The van der Waals surface area contributed by atoms with E-state index < -0.39 is 0 Å². The van der Waals surface area contributed by atoms with E-state index in [1.54, 1.807) is 23.5 Å². The summed E-state index contributed by atoms with van der Waals surface area (Å²) in [6, 6.07) is 9.18. The van der Waals surface area contributed by atoms with Gasteiger partial charge in [-0.2, -0.15) is 0 Å². The molecule has 94 valence electrons. The van der Waals surface area contributed by atoms with Gasteiger partial charge in [0.1, 0.15) is 0 Å². The number of nitro groups is 1. The lowest BCUT2D eigenvalue weighted by Crippen LogP contribution is -2.04. The van der Waals surface area contributed by atoms with E-state index in [1.807, 2.05) is 24.4 Å². The number of thiophene rings is 1. The summed E-state index contributed by atoms with van der Waals surface area (Å²) in [5, 5.41) is 16.0. The Bertz CT molecular complexity index is 538. The maximum Gasteiger partial charge on any atom is 0.271 e. The number of aryl methyl sites for hydroxylation is 1. The molecule has 0 fully saturated rings. The van der Waals surface area contributed by atoms with Crippen LogP contribution in [-0.4, -0.2) is 11.5 Å². The largest absolute Gasteiger partial charge is 0.384 e. The molecule has 1 heterocycles. The highest BCUT2D eigenvalue weighted by molar-refractivity contribution is 7.09. The number of nitrogens with one attached hydrogen (secondary N) is 1. The second-order valence-corrected chi connectivity index (χ2v) is 5.10. The summed E-state index contributed by atoms with van der Waals surface area (Å²) in [7, 11) is 0. The second kappa shape index (κ2) is 5.64. The minimum Gasteiger partial charge on any atom is -0.384 e. The third-order valence-electron chi connectivity index (χ3n) is 2.55. The Morgan fingerprint density at radius 2 is 2.22 bits per heavy atom. The number of nitro benzene ring substituents is 1. The van der Waals surface area contributed by atoms with Crippen molar-refractivity contribution in [2.75, 3.05) is 11.9 Å². The van der Waals surface area contributed by atoms with Gasteiger partial charge in [-0.05, 0) is 36.4 Å². The normalized spacial score (nSPS) is 10.3. The quantitative estimate of drug-likeness (QED) is 0.661. The van der Waals surface area contributed by atoms with Crippen LogP contribution >= 0.6 is 11.3 Å². The van der Waals surface area contributed by atoms with Gasteiger partial charge in [0.05, 0.1) is 4.92 Å². The molecule has 0 aliphatic heterocycles. The molecule has 2 aromatic rings. The minimum atomic E-state index is -0.364. The molecule has 2 rings (SSSR count). The fraction of sp³-hybridized carbons (Fsp3) is 0.231. The Kier molecular flexibility index (Phi) is 3.94. The van der Waals surface area contributed by atoms with E-state index in [0.29, 0.717) is 0 Å². The summed E-state index contributed by atoms with van der Waals surface area (Å²) in [4.78, 5) is 11.7. The average molecular weight is 262 g/mol. The molecule has 1 aromatic carbocycles. The fourth-order valence-corrected chi connectivity index (χ4v) is 2.46. The van der Waals surface area contributed by atoms with Gasteiger partial charge >= 0.3 is 0 Å². The van der Waals surface area contributed by atoms with Gasteiger partial charge < -0.3 is 5.32 Å². The lowest BCUT2D eigenvalue weighted by atomic mass is 10.2. The maximum absolute atomic E-state index is 10.7. The molecule has 0 bridgehead atoms. The minimum absolute atomic E-state index is 0.133. The summed E-state index contributed by atoms with van der Waals surface area (Å²) in [6.45, 7) is 2.64. The van der Waals surface area contributed by atoms with E-state index in [1.165, 1.54) is 4.88 Å². The zero-order valence-electron chi connectivity index (χ0n) is 10.1. The van der Waals surface area contributed by atoms with Crippen molar-refractivity contribution in [1.29, 1.82) is 0 Å². The van der Waals surface area contributed by atoms with Gasteiger partial charge in [0, 0.05) is 29.2 Å². The molecule has 0 saturated heterocycles. The Morgan fingerprint density at radius 1 is 1.39 bits per heavy atom. The monoisotopic (exact) mass is 262 g/mol. The van der Waals surface area contributed by atoms with Gasteiger partial charge in [0.15, 0.2) is 0 Å². The van der Waals surface area contributed by atoms with E-state index in [2.05, 4.69) is 11.4 Å². The summed E-state index contributed by atoms with van der Waals surface area (Å²) < 4.78 is 0. The van der Waals surface area contributed by atoms with Crippen LogP contribution in [0.25, 0.3) is 0 Å². The number of non-ortho nitro benzene ring substituents is 1. The summed E-state index contributed by atoms with van der Waals surface area (Å²) in [6.07, 6.45) is 0.930. The number of anilines is 1. The van der Waals surface area contributed by atoms with Crippen molar-refractivity contribution in [3.8, 4) is 0 Å². The first kappa shape index (κ1) is 12.6. The molecule has 0 amide bonds. The second-order valence-electron chi connectivity index (χ2n) is 4.07. The molecule has 1 N–H and O–H groups in total. The van der Waals surface area contributed by atoms with Crippen LogP contribution in [0.5, 0.6) is 0 Å². The number of hydrogen-bond donors (Lipinski definition) is 1. The van der Waals surface area contributed by atoms with E-state index in [0.717, 1.165) is 24.2 Å². The van der Waals surface area contributed by atoms with Crippen molar-refractivity contribution in [2.45, 2.75) is 13.3 Å². The molecule has 18 heavy (non-hydrogen) atoms. The molecule has 1 aromatic heterocycles. The first-order valence-electron chi connectivity index (χ1n) is 5.67. The molecular formula is C13H14N2O2S. The van der Waals surface area contributed by atoms with E-state index in [4.69, 9.17) is 0 Å². The van der Waals surface area contributed by atoms with Crippen molar-refractivity contribution in [1.82, 2.24) is 0 Å². The van der Waals surface area contributed by atoms with E-state index in [9.17, 15) is 10.1 Å². The van der Waals surface area contributed by atoms with Crippen LogP contribution in [0.4, 0.5) is 11.4 Å². The smallest absolute Gasteiger partial charge is 0.271 e. The molecule has 0 saturated carbocycles. The van der Waals surface area contributed by atoms with Gasteiger partial charge in [-0.15, -0.1) is 11.3 Å². The average Bonchev–Trinajstić information content (AvgIpc) is 2.81. The lowest BCUT2D eigenvalue weighted by Gasteiger charge is -2.06. The summed E-state index contributed by atoms with van der Waals surface area (Å²) in [5.41, 5.74) is 1.83. The summed E-state index contributed by atoms with van der Waals surface area (Å²) >= 11 is 1.72. The van der Waals surface area contributed by atoms with Gasteiger partial charge in [-0.3, -0.25) is 10.1 Å². The van der Waals surface area contributed by atoms with Crippen LogP contribution in [0.15, 0.2) is 35.7 Å². The molecule has 5 heteroatoms. The molecule has 0 unspecified atom stereocenters. The van der Waals surface area contributed by atoms with Crippen molar-refractivity contribution in [3.63, 3.8) is 0 Å². The van der Waals surface area contributed by atoms with Crippen LogP contribution in [0.3, 0.4) is 0 Å². The number of rotatable bonds is 5. The maximum atomic E-state index is 10.7. The zero-order valence-corrected chi connectivity index (χ0v) is 10.9. The Morgan fingerprint density at radius 3 is 2.89 bits per heavy atom. The van der Waals surface area contributed by atoms with Gasteiger partial charge in [0.2, 0.25) is 0 Å². The van der Waals surface area contributed by atoms with Crippen molar-refractivity contribution in [3.05, 3.63) is 56.3 Å². The molecule has 0 aliphatic carbocycles. The van der Waals surface area contributed by atoms with E-state index >= 15 is 0 Å². The number of benzene rings is 1. The molecule has 4 nitrogen and oxygen atoms in total. The van der Waals surface area contributed by atoms with Crippen LogP contribution in [0.1, 0.15) is 10.4 Å². The number of nitrogens with zero attached hydrogens (tertiary/aromatic N) is 1. The van der Waals surface area contributed by atoms with Gasteiger partial charge in [0.25, 0.3) is 5.69 Å². The van der Waals surface area contributed by atoms with Gasteiger partial charge in [-0.25, -0.2) is 0 Å². The first-order valence-corrected chi connectivity index (χ1v) is 6.55. The SMILES string of the molecule is Cc1cc(NCCc2cccs2)cc([N+](=O)[O-])c1. The van der Waals surface area contributed by atoms with E-state index in [-0.39, 0.29) is 10.6 Å². The first-order chi connectivity index (χ1) is 8.65. The van der Waals surface area contributed by atoms with Crippen LogP contribution < -0.4 is 5.32 Å². The van der Waals surface area contributed by atoms with Crippen LogP contribution in [-0.2, 0) is 6.42 Å².